The lowest BCUT2D eigenvalue weighted by atomic mass is 9.96. The molecule has 7 nitrogen and oxygen atoms in total. The van der Waals surface area contributed by atoms with Gasteiger partial charge in [0.1, 0.15) is 16.7 Å². The Labute approximate surface area is 165 Å². The smallest absolute Gasteiger partial charge is 0.410 e. The molecule has 2 atom stereocenters. The first-order valence-electron chi connectivity index (χ1n) is 8.83. The van der Waals surface area contributed by atoms with Crippen LogP contribution < -0.4 is 0 Å². The number of carbonyl (C=O) groups excluding carboxylic acids is 1. The molecule has 1 rings (SSSR count). The van der Waals surface area contributed by atoms with Crippen molar-refractivity contribution >= 4 is 23.4 Å². The molecule has 152 valence electrons. The molecule has 1 amide bonds. The minimum absolute atomic E-state index is 0.0104. The standard InChI is InChI=1S/C19H30N2O5S/c1-8-9-25-15(16-20-13(11-27-16)17(22)23)10-14(12(2)3)21(7)18(24)26-19(4,5)6/h8,11-12,14-15H,1,9-10H2,2-7H3,(H,22,23). The Kier molecular flexibility index (Phi) is 8.43. The Morgan fingerprint density at radius 3 is 2.48 bits per heavy atom. The molecule has 0 saturated heterocycles. The largest absolute Gasteiger partial charge is 0.476 e. The van der Waals surface area contributed by atoms with Crippen LogP contribution in [0.25, 0.3) is 0 Å². The first kappa shape index (κ1) is 23.1. The van der Waals surface area contributed by atoms with Gasteiger partial charge in [0.15, 0.2) is 5.69 Å². The predicted molar refractivity (Wildman–Crippen MR) is 105 cm³/mol. The van der Waals surface area contributed by atoms with E-state index >= 15 is 0 Å². The minimum atomic E-state index is -1.08. The van der Waals surface area contributed by atoms with Crippen molar-refractivity contribution in [3.05, 3.63) is 28.7 Å². The summed E-state index contributed by atoms with van der Waals surface area (Å²) in [5, 5.41) is 11.2. The summed E-state index contributed by atoms with van der Waals surface area (Å²) in [6.45, 7) is 13.4. The SMILES string of the molecule is C=CCOC(CC(C(C)C)N(C)C(=O)OC(C)(C)C)c1nc(C(=O)O)cs1. The highest BCUT2D eigenvalue weighted by Crippen LogP contribution is 2.30. The van der Waals surface area contributed by atoms with Crippen molar-refractivity contribution in [2.45, 2.75) is 58.8 Å². The summed E-state index contributed by atoms with van der Waals surface area (Å²) in [5.74, 6) is -0.942. The van der Waals surface area contributed by atoms with E-state index in [0.29, 0.717) is 18.0 Å². The molecule has 0 fully saturated rings. The quantitative estimate of drug-likeness (QED) is 0.622. The zero-order chi connectivity index (χ0) is 20.8. The van der Waals surface area contributed by atoms with E-state index in [1.165, 1.54) is 16.7 Å². The van der Waals surface area contributed by atoms with Crippen molar-refractivity contribution in [1.29, 1.82) is 0 Å². The molecule has 0 spiro atoms. The van der Waals surface area contributed by atoms with Crippen molar-refractivity contribution in [3.8, 4) is 0 Å². The Morgan fingerprint density at radius 1 is 1.41 bits per heavy atom. The van der Waals surface area contributed by atoms with E-state index < -0.39 is 23.8 Å². The van der Waals surface area contributed by atoms with Crippen molar-refractivity contribution in [1.82, 2.24) is 9.88 Å². The van der Waals surface area contributed by atoms with Gasteiger partial charge in [-0.15, -0.1) is 17.9 Å². The number of hydrogen-bond donors (Lipinski definition) is 1. The minimum Gasteiger partial charge on any atom is -0.476 e. The van der Waals surface area contributed by atoms with Crippen LogP contribution in [0.3, 0.4) is 0 Å². The Morgan fingerprint density at radius 2 is 2.04 bits per heavy atom. The fraction of sp³-hybridized carbons (Fsp3) is 0.632. The third-order valence-corrected chi connectivity index (χ3v) is 4.77. The topological polar surface area (TPSA) is 89.0 Å². The third-order valence-electron chi connectivity index (χ3n) is 3.84. The first-order valence-corrected chi connectivity index (χ1v) is 9.71. The summed E-state index contributed by atoms with van der Waals surface area (Å²) in [4.78, 5) is 29.4. The molecule has 0 bridgehead atoms. The first-order chi connectivity index (χ1) is 12.5. The van der Waals surface area contributed by atoms with Crippen LogP contribution >= 0.6 is 11.3 Å². The van der Waals surface area contributed by atoms with Gasteiger partial charge >= 0.3 is 12.1 Å². The highest BCUT2D eigenvalue weighted by atomic mass is 32.1. The fourth-order valence-corrected chi connectivity index (χ4v) is 3.38. The van der Waals surface area contributed by atoms with E-state index in [1.807, 2.05) is 34.6 Å². The maximum Gasteiger partial charge on any atom is 0.410 e. The highest BCUT2D eigenvalue weighted by molar-refractivity contribution is 7.09. The maximum atomic E-state index is 12.5. The van der Waals surface area contributed by atoms with E-state index in [0.717, 1.165) is 0 Å². The average Bonchev–Trinajstić information content (AvgIpc) is 3.02. The summed E-state index contributed by atoms with van der Waals surface area (Å²) in [6.07, 6.45) is 1.24. The van der Waals surface area contributed by atoms with Gasteiger partial charge in [-0.1, -0.05) is 19.9 Å². The lowest BCUT2D eigenvalue weighted by Gasteiger charge is -2.34. The second kappa shape index (κ2) is 9.85. The number of aromatic carboxylic acids is 1. The lowest BCUT2D eigenvalue weighted by molar-refractivity contribution is 0.00155. The molecule has 8 heteroatoms. The van der Waals surface area contributed by atoms with Crippen LogP contribution in [0, 0.1) is 5.92 Å². The maximum absolute atomic E-state index is 12.5. The molecule has 1 aromatic rings. The number of hydrogen-bond acceptors (Lipinski definition) is 6. The van der Waals surface area contributed by atoms with Crippen LogP contribution in [0.15, 0.2) is 18.0 Å². The molecule has 0 aliphatic carbocycles. The number of amides is 1. The van der Waals surface area contributed by atoms with Crippen molar-refractivity contribution in [2.75, 3.05) is 13.7 Å². The summed E-state index contributed by atoms with van der Waals surface area (Å²) in [7, 11) is 1.70. The zero-order valence-electron chi connectivity index (χ0n) is 16.9. The zero-order valence-corrected chi connectivity index (χ0v) is 17.7. The number of aromatic nitrogens is 1. The lowest BCUT2D eigenvalue weighted by Crippen LogP contribution is -2.44. The van der Waals surface area contributed by atoms with Gasteiger partial charge in [-0.2, -0.15) is 0 Å². The Balaban J connectivity index is 3.03. The monoisotopic (exact) mass is 398 g/mol. The van der Waals surface area contributed by atoms with Gasteiger partial charge in [0, 0.05) is 24.9 Å². The van der Waals surface area contributed by atoms with Gasteiger partial charge in [-0.25, -0.2) is 14.6 Å². The number of carboxylic acids is 1. The predicted octanol–water partition coefficient (Wildman–Crippen LogP) is 4.37. The van der Waals surface area contributed by atoms with Gasteiger partial charge < -0.3 is 19.5 Å². The number of thiazole rings is 1. The number of ether oxygens (including phenoxy) is 2. The van der Waals surface area contributed by atoms with Crippen molar-refractivity contribution in [2.24, 2.45) is 5.92 Å². The third kappa shape index (κ3) is 7.30. The van der Waals surface area contributed by atoms with Crippen LogP contribution in [0.1, 0.15) is 62.6 Å². The number of nitrogens with zero attached hydrogens (tertiary/aromatic N) is 2. The highest BCUT2D eigenvalue weighted by Gasteiger charge is 2.31. The van der Waals surface area contributed by atoms with E-state index in [1.54, 1.807) is 18.0 Å². The van der Waals surface area contributed by atoms with Gasteiger partial charge in [0.05, 0.1) is 6.61 Å². The summed E-state index contributed by atoms with van der Waals surface area (Å²) in [6, 6.07) is -0.174. The molecular weight excluding hydrogens is 368 g/mol. The second-order valence-corrected chi connectivity index (χ2v) is 8.51. The average molecular weight is 399 g/mol. The summed E-state index contributed by atoms with van der Waals surface area (Å²) < 4.78 is 11.3. The number of carboxylic acid groups (broad SMARTS) is 1. The summed E-state index contributed by atoms with van der Waals surface area (Å²) in [5.41, 5.74) is -0.596. The molecule has 1 N–H and O–H groups in total. The van der Waals surface area contributed by atoms with Gasteiger partial charge in [0.2, 0.25) is 0 Å². The molecule has 0 saturated carbocycles. The van der Waals surface area contributed by atoms with Gasteiger partial charge in [0.25, 0.3) is 0 Å². The van der Waals surface area contributed by atoms with E-state index in [4.69, 9.17) is 14.6 Å². The van der Waals surface area contributed by atoms with E-state index in [2.05, 4.69) is 11.6 Å². The molecule has 0 aliphatic rings. The molecule has 0 aromatic carbocycles. The molecule has 1 heterocycles. The fourth-order valence-electron chi connectivity index (χ4n) is 2.52. The van der Waals surface area contributed by atoms with Crippen molar-refractivity contribution < 1.29 is 24.2 Å². The van der Waals surface area contributed by atoms with E-state index in [9.17, 15) is 9.59 Å². The molecular formula is C19H30N2O5S. The number of carbonyl (C=O) groups is 2. The van der Waals surface area contributed by atoms with Crippen LogP contribution in [-0.2, 0) is 9.47 Å². The molecule has 27 heavy (non-hydrogen) atoms. The van der Waals surface area contributed by atoms with E-state index in [-0.39, 0.29) is 17.7 Å². The van der Waals surface area contributed by atoms with Gasteiger partial charge in [-0.05, 0) is 26.7 Å². The Bertz CT molecular complexity index is 651. The summed E-state index contributed by atoms with van der Waals surface area (Å²) >= 11 is 1.23. The molecule has 0 radical (unpaired) electrons. The van der Waals surface area contributed by atoms with Crippen molar-refractivity contribution in [3.63, 3.8) is 0 Å². The molecule has 1 aromatic heterocycles. The van der Waals surface area contributed by atoms with Crippen LogP contribution in [0.2, 0.25) is 0 Å². The second-order valence-electron chi connectivity index (χ2n) is 7.63. The number of rotatable bonds is 9. The van der Waals surface area contributed by atoms with Crippen LogP contribution in [-0.4, -0.2) is 52.4 Å². The van der Waals surface area contributed by atoms with Crippen LogP contribution in [0.4, 0.5) is 4.79 Å². The molecule has 0 aliphatic heterocycles. The molecule has 2 unspecified atom stereocenters. The van der Waals surface area contributed by atoms with Gasteiger partial charge in [-0.3, -0.25) is 0 Å². The van der Waals surface area contributed by atoms with Crippen LogP contribution in [0.5, 0.6) is 0 Å². The normalized spacial score (nSPS) is 13.9. The Hall–Kier alpha value is -1.93.